The van der Waals surface area contributed by atoms with Crippen molar-refractivity contribution in [1.82, 2.24) is 0 Å². The molecule has 1 heterocycles. The number of hydrogen-bond donors (Lipinski definition) is 0. The molecule has 0 N–H and O–H groups in total. The van der Waals surface area contributed by atoms with Crippen LogP contribution >= 0.6 is 22.6 Å². The third-order valence-corrected chi connectivity index (χ3v) is 4.57. The van der Waals surface area contributed by atoms with Gasteiger partial charge in [0.1, 0.15) is 0 Å². The van der Waals surface area contributed by atoms with Crippen LogP contribution < -0.4 is 4.90 Å². The lowest BCUT2D eigenvalue weighted by Gasteiger charge is -2.23. The molecule has 0 saturated heterocycles. The summed E-state index contributed by atoms with van der Waals surface area (Å²) >= 11 is 2.17. The normalized spacial score (nSPS) is 14.5. The van der Waals surface area contributed by atoms with E-state index in [1.54, 1.807) is 11.0 Å². The molecule has 0 bridgehead atoms. The van der Waals surface area contributed by atoms with E-state index in [1.807, 2.05) is 42.5 Å². The zero-order valence-electron chi connectivity index (χ0n) is 11.4. The Balaban J connectivity index is 2.06. The van der Waals surface area contributed by atoms with Crippen molar-refractivity contribution in [1.29, 1.82) is 0 Å². The lowest BCUT2D eigenvalue weighted by molar-refractivity contribution is 0.0973. The summed E-state index contributed by atoms with van der Waals surface area (Å²) in [5, 5.41) is 0. The van der Waals surface area contributed by atoms with Gasteiger partial charge in [-0.3, -0.25) is 9.59 Å². The summed E-state index contributed by atoms with van der Waals surface area (Å²) < 4.78 is 0.924. The average molecular weight is 391 g/mol. The Hall–Kier alpha value is -1.69. The predicted molar refractivity (Wildman–Crippen MR) is 90.8 cm³/mol. The monoisotopic (exact) mass is 391 g/mol. The van der Waals surface area contributed by atoms with E-state index in [9.17, 15) is 9.59 Å². The highest BCUT2D eigenvalue weighted by Gasteiger charge is 2.26. The molecule has 3 rings (SSSR count). The van der Waals surface area contributed by atoms with Gasteiger partial charge in [0.25, 0.3) is 5.91 Å². The van der Waals surface area contributed by atoms with Crippen LogP contribution in [0.3, 0.4) is 0 Å². The zero-order valence-corrected chi connectivity index (χ0v) is 13.5. The van der Waals surface area contributed by atoms with Crippen LogP contribution in [0.2, 0.25) is 0 Å². The summed E-state index contributed by atoms with van der Waals surface area (Å²) in [4.78, 5) is 26.7. The molecule has 3 nitrogen and oxygen atoms in total. The molecule has 21 heavy (non-hydrogen) atoms. The molecule has 1 aliphatic heterocycles. The van der Waals surface area contributed by atoms with Gasteiger partial charge in [0.05, 0.1) is 11.3 Å². The maximum Gasteiger partial charge on any atom is 0.259 e. The molecule has 4 heteroatoms. The van der Waals surface area contributed by atoms with Gasteiger partial charge < -0.3 is 4.90 Å². The first-order valence-electron chi connectivity index (χ1n) is 6.87. The first kappa shape index (κ1) is 14.3. The molecule has 0 spiro atoms. The van der Waals surface area contributed by atoms with Gasteiger partial charge in [0, 0.05) is 22.1 Å². The minimum atomic E-state index is -0.0397. The van der Waals surface area contributed by atoms with Gasteiger partial charge >= 0.3 is 0 Å². The largest absolute Gasteiger partial charge is 0.308 e. The third-order valence-electron chi connectivity index (χ3n) is 3.63. The van der Waals surface area contributed by atoms with Crippen LogP contribution in [-0.4, -0.2) is 18.2 Å². The molecule has 1 aliphatic rings. The van der Waals surface area contributed by atoms with Crippen molar-refractivity contribution < 1.29 is 9.59 Å². The predicted octanol–water partition coefficient (Wildman–Crippen LogP) is 3.91. The number of benzene rings is 2. The van der Waals surface area contributed by atoms with Crippen molar-refractivity contribution in [3.63, 3.8) is 0 Å². The Bertz CT molecular complexity index is 711. The fraction of sp³-hybridized carbons (Fsp3) is 0.176. The Morgan fingerprint density at radius 1 is 1.05 bits per heavy atom. The van der Waals surface area contributed by atoms with Crippen molar-refractivity contribution in [3.05, 3.63) is 63.2 Å². The third kappa shape index (κ3) is 2.72. The van der Waals surface area contributed by atoms with E-state index in [2.05, 4.69) is 22.6 Å². The van der Waals surface area contributed by atoms with E-state index in [0.29, 0.717) is 30.5 Å². The number of hydrogen-bond acceptors (Lipinski definition) is 2. The highest BCUT2D eigenvalue weighted by atomic mass is 127. The van der Waals surface area contributed by atoms with E-state index in [0.717, 1.165) is 9.26 Å². The van der Waals surface area contributed by atoms with Crippen molar-refractivity contribution in [2.75, 3.05) is 11.4 Å². The van der Waals surface area contributed by atoms with E-state index in [-0.39, 0.29) is 11.7 Å². The number of Topliss-reactive ketones (excluding diaryl/α,β-unsaturated/α-hetero) is 1. The molecule has 0 aromatic heterocycles. The first-order chi connectivity index (χ1) is 10.2. The quantitative estimate of drug-likeness (QED) is 0.692. The van der Waals surface area contributed by atoms with E-state index in [4.69, 9.17) is 0 Å². The van der Waals surface area contributed by atoms with Crippen molar-refractivity contribution in [3.8, 4) is 0 Å². The van der Waals surface area contributed by atoms with Crippen LogP contribution in [0.1, 0.15) is 33.6 Å². The van der Waals surface area contributed by atoms with Crippen molar-refractivity contribution in [2.24, 2.45) is 0 Å². The number of carbonyl (C=O) groups is 2. The van der Waals surface area contributed by atoms with Gasteiger partial charge in [-0.2, -0.15) is 0 Å². The summed E-state index contributed by atoms with van der Waals surface area (Å²) in [6.07, 6.45) is 1.19. The molecule has 0 atom stereocenters. The number of amides is 1. The van der Waals surface area contributed by atoms with Crippen LogP contribution in [0.5, 0.6) is 0 Å². The van der Waals surface area contributed by atoms with Crippen LogP contribution in [0, 0.1) is 3.57 Å². The minimum Gasteiger partial charge on any atom is -0.308 e. The fourth-order valence-electron chi connectivity index (χ4n) is 2.59. The average Bonchev–Trinajstić information content (AvgIpc) is 2.67. The van der Waals surface area contributed by atoms with Gasteiger partial charge in [-0.05, 0) is 53.3 Å². The molecule has 0 fully saturated rings. The second-order valence-corrected chi connectivity index (χ2v) is 6.14. The Kier molecular flexibility index (Phi) is 4.05. The minimum absolute atomic E-state index is 0.0397. The summed E-state index contributed by atoms with van der Waals surface area (Å²) in [7, 11) is 0. The van der Waals surface area contributed by atoms with Crippen LogP contribution in [0.4, 0.5) is 5.69 Å². The summed E-state index contributed by atoms with van der Waals surface area (Å²) in [6, 6.07) is 14.9. The van der Waals surface area contributed by atoms with Gasteiger partial charge in [0.2, 0.25) is 0 Å². The van der Waals surface area contributed by atoms with Crippen LogP contribution in [0.15, 0.2) is 48.5 Å². The number of ketones is 1. The number of nitrogens with zero attached hydrogens (tertiary/aromatic N) is 1. The smallest absolute Gasteiger partial charge is 0.259 e. The SMILES string of the molecule is O=C1CCCN(C(=O)c2ccccc2I)c2ccccc21. The van der Waals surface area contributed by atoms with E-state index in [1.165, 1.54) is 0 Å². The summed E-state index contributed by atoms with van der Waals surface area (Å²) in [5.41, 5.74) is 2.06. The number of para-hydroxylation sites is 1. The standard InChI is InChI=1S/C17H14INO2/c18-14-8-3-1-6-12(14)17(21)19-11-5-10-16(20)13-7-2-4-9-15(13)19/h1-4,6-9H,5,10-11H2. The molecule has 0 aliphatic carbocycles. The second kappa shape index (κ2) is 5.97. The summed E-state index contributed by atoms with van der Waals surface area (Å²) in [5.74, 6) is 0.0748. The molecular formula is C17H14INO2. The number of fused-ring (bicyclic) bond motifs is 1. The molecule has 1 amide bonds. The molecular weight excluding hydrogens is 377 g/mol. The maximum atomic E-state index is 12.9. The Morgan fingerprint density at radius 2 is 1.76 bits per heavy atom. The number of anilines is 1. The first-order valence-corrected chi connectivity index (χ1v) is 7.95. The van der Waals surface area contributed by atoms with Crippen molar-refractivity contribution in [2.45, 2.75) is 12.8 Å². The van der Waals surface area contributed by atoms with Crippen LogP contribution in [-0.2, 0) is 0 Å². The molecule has 2 aromatic carbocycles. The van der Waals surface area contributed by atoms with E-state index >= 15 is 0 Å². The lowest BCUT2D eigenvalue weighted by atomic mass is 10.1. The maximum absolute atomic E-state index is 12.9. The topological polar surface area (TPSA) is 37.4 Å². The second-order valence-electron chi connectivity index (χ2n) is 4.98. The molecule has 0 radical (unpaired) electrons. The van der Waals surface area contributed by atoms with Gasteiger partial charge in [-0.15, -0.1) is 0 Å². The van der Waals surface area contributed by atoms with Crippen LogP contribution in [0.25, 0.3) is 0 Å². The fourth-order valence-corrected chi connectivity index (χ4v) is 3.21. The highest BCUT2D eigenvalue weighted by Crippen LogP contribution is 2.28. The van der Waals surface area contributed by atoms with Gasteiger partial charge in [-0.1, -0.05) is 24.3 Å². The molecule has 0 unspecified atom stereocenters. The Labute approximate surface area is 137 Å². The van der Waals surface area contributed by atoms with Gasteiger partial charge in [-0.25, -0.2) is 0 Å². The molecule has 106 valence electrons. The number of rotatable bonds is 1. The number of halogens is 1. The molecule has 0 saturated carbocycles. The van der Waals surface area contributed by atoms with E-state index < -0.39 is 0 Å². The van der Waals surface area contributed by atoms with Gasteiger partial charge in [0.15, 0.2) is 5.78 Å². The number of carbonyl (C=O) groups excluding carboxylic acids is 2. The molecule has 2 aromatic rings. The zero-order chi connectivity index (χ0) is 14.8. The Morgan fingerprint density at radius 3 is 2.57 bits per heavy atom. The lowest BCUT2D eigenvalue weighted by Crippen LogP contribution is -2.32. The van der Waals surface area contributed by atoms with Crippen molar-refractivity contribution >= 4 is 40.0 Å². The summed E-state index contributed by atoms with van der Waals surface area (Å²) in [6.45, 7) is 0.576. The highest BCUT2D eigenvalue weighted by molar-refractivity contribution is 14.1.